The van der Waals surface area contributed by atoms with E-state index in [1.807, 2.05) is 0 Å². The molecule has 2 N–H and O–H groups in total. The second-order valence-electron chi connectivity index (χ2n) is 4.47. The molecule has 2 rings (SSSR count). The third-order valence-electron chi connectivity index (χ3n) is 3.31. The monoisotopic (exact) mass is 200 g/mol. The quantitative estimate of drug-likeness (QED) is 0.701. The SMILES string of the molecule is O=C(O)C1(CC2CC2)COCCC1O. The molecule has 0 aromatic heterocycles. The lowest BCUT2D eigenvalue weighted by Crippen LogP contribution is -2.50. The van der Waals surface area contributed by atoms with Crippen molar-refractivity contribution >= 4 is 5.97 Å². The predicted molar refractivity (Wildman–Crippen MR) is 48.9 cm³/mol. The molecule has 80 valence electrons. The van der Waals surface area contributed by atoms with Gasteiger partial charge in [-0.2, -0.15) is 0 Å². The molecule has 2 fully saturated rings. The number of carboxylic acids is 1. The molecule has 0 radical (unpaired) electrons. The van der Waals surface area contributed by atoms with E-state index in [9.17, 15) is 15.0 Å². The summed E-state index contributed by atoms with van der Waals surface area (Å²) in [7, 11) is 0. The summed E-state index contributed by atoms with van der Waals surface area (Å²) in [5, 5.41) is 19.0. The number of aliphatic hydroxyl groups excluding tert-OH is 1. The molecule has 4 heteroatoms. The van der Waals surface area contributed by atoms with Crippen LogP contribution in [0.1, 0.15) is 25.7 Å². The van der Waals surface area contributed by atoms with Gasteiger partial charge in [0.05, 0.1) is 12.7 Å². The van der Waals surface area contributed by atoms with Gasteiger partial charge in [-0.1, -0.05) is 12.8 Å². The highest BCUT2D eigenvalue weighted by Gasteiger charge is 2.50. The van der Waals surface area contributed by atoms with E-state index in [4.69, 9.17) is 4.74 Å². The minimum absolute atomic E-state index is 0.167. The average molecular weight is 200 g/mol. The van der Waals surface area contributed by atoms with Crippen molar-refractivity contribution in [2.45, 2.75) is 31.8 Å². The van der Waals surface area contributed by atoms with Gasteiger partial charge < -0.3 is 14.9 Å². The first-order valence-corrected chi connectivity index (χ1v) is 5.14. The van der Waals surface area contributed by atoms with Crippen LogP contribution in [-0.4, -0.2) is 35.5 Å². The van der Waals surface area contributed by atoms with Crippen molar-refractivity contribution < 1.29 is 19.7 Å². The lowest BCUT2D eigenvalue weighted by atomic mass is 9.75. The van der Waals surface area contributed by atoms with Crippen LogP contribution in [0.5, 0.6) is 0 Å². The maximum Gasteiger partial charge on any atom is 0.314 e. The summed E-state index contributed by atoms with van der Waals surface area (Å²) in [4.78, 5) is 11.2. The summed E-state index contributed by atoms with van der Waals surface area (Å²) in [6, 6.07) is 0. The zero-order valence-corrected chi connectivity index (χ0v) is 8.11. The van der Waals surface area contributed by atoms with Gasteiger partial charge in [0.15, 0.2) is 0 Å². The Morgan fingerprint density at radius 3 is 2.64 bits per heavy atom. The van der Waals surface area contributed by atoms with E-state index in [2.05, 4.69) is 0 Å². The van der Waals surface area contributed by atoms with E-state index in [0.29, 0.717) is 25.4 Å². The second kappa shape index (κ2) is 3.51. The molecule has 4 nitrogen and oxygen atoms in total. The Morgan fingerprint density at radius 2 is 2.14 bits per heavy atom. The lowest BCUT2D eigenvalue weighted by Gasteiger charge is -2.37. The van der Waals surface area contributed by atoms with Crippen molar-refractivity contribution in [3.8, 4) is 0 Å². The van der Waals surface area contributed by atoms with E-state index in [0.717, 1.165) is 12.8 Å². The molecule has 2 aliphatic rings. The molecular formula is C10H16O4. The minimum atomic E-state index is -1.03. The topological polar surface area (TPSA) is 66.8 Å². The molecular weight excluding hydrogens is 184 g/mol. The number of carboxylic acid groups (broad SMARTS) is 1. The zero-order chi connectivity index (χ0) is 10.2. The fourth-order valence-electron chi connectivity index (χ4n) is 2.15. The largest absolute Gasteiger partial charge is 0.481 e. The Labute approximate surface area is 82.9 Å². The number of hydrogen-bond acceptors (Lipinski definition) is 3. The highest BCUT2D eigenvalue weighted by Crippen LogP contribution is 2.44. The predicted octanol–water partition coefficient (Wildman–Crippen LogP) is 0.639. The smallest absolute Gasteiger partial charge is 0.314 e. The van der Waals surface area contributed by atoms with Crippen LogP contribution < -0.4 is 0 Å². The van der Waals surface area contributed by atoms with Crippen molar-refractivity contribution in [2.24, 2.45) is 11.3 Å². The summed E-state index contributed by atoms with van der Waals surface area (Å²) >= 11 is 0. The van der Waals surface area contributed by atoms with E-state index in [1.165, 1.54) is 0 Å². The Kier molecular flexibility index (Phi) is 2.49. The van der Waals surface area contributed by atoms with Crippen molar-refractivity contribution in [1.82, 2.24) is 0 Å². The van der Waals surface area contributed by atoms with Gasteiger partial charge in [-0.3, -0.25) is 4.79 Å². The Balaban J connectivity index is 2.13. The molecule has 14 heavy (non-hydrogen) atoms. The van der Waals surface area contributed by atoms with E-state index < -0.39 is 17.5 Å². The number of aliphatic hydroxyl groups is 1. The van der Waals surface area contributed by atoms with E-state index in [1.54, 1.807) is 0 Å². The van der Waals surface area contributed by atoms with Gasteiger partial charge >= 0.3 is 5.97 Å². The van der Waals surface area contributed by atoms with Crippen molar-refractivity contribution in [1.29, 1.82) is 0 Å². The van der Waals surface area contributed by atoms with Crippen LogP contribution in [0.25, 0.3) is 0 Å². The van der Waals surface area contributed by atoms with Crippen LogP contribution >= 0.6 is 0 Å². The fraction of sp³-hybridized carbons (Fsp3) is 0.900. The van der Waals surface area contributed by atoms with E-state index >= 15 is 0 Å². The number of rotatable bonds is 3. The van der Waals surface area contributed by atoms with Gasteiger partial charge in [0.25, 0.3) is 0 Å². The molecule has 1 aliphatic heterocycles. The number of carbonyl (C=O) groups is 1. The summed E-state index contributed by atoms with van der Waals surface area (Å²) in [6.45, 7) is 0.640. The number of ether oxygens (including phenoxy) is 1. The molecule has 1 saturated carbocycles. The summed E-state index contributed by atoms with van der Waals surface area (Å²) < 4.78 is 5.20. The molecule has 0 amide bonds. The Hall–Kier alpha value is -0.610. The highest BCUT2D eigenvalue weighted by atomic mass is 16.5. The molecule has 0 aromatic carbocycles. The molecule has 2 unspecified atom stereocenters. The first-order chi connectivity index (χ1) is 6.65. The van der Waals surface area contributed by atoms with Gasteiger partial charge in [-0.25, -0.2) is 0 Å². The second-order valence-corrected chi connectivity index (χ2v) is 4.47. The maximum atomic E-state index is 11.2. The number of aliphatic carboxylic acids is 1. The fourth-order valence-corrected chi connectivity index (χ4v) is 2.15. The first-order valence-electron chi connectivity index (χ1n) is 5.14. The highest BCUT2D eigenvalue weighted by molar-refractivity contribution is 5.76. The van der Waals surface area contributed by atoms with Gasteiger partial charge in [0.2, 0.25) is 0 Å². The molecule has 0 spiro atoms. The molecule has 0 bridgehead atoms. The summed E-state index contributed by atoms with van der Waals surface area (Å²) in [5.74, 6) is -0.418. The maximum absolute atomic E-state index is 11.2. The third-order valence-corrected chi connectivity index (χ3v) is 3.31. The van der Waals surface area contributed by atoms with Crippen molar-refractivity contribution in [3.63, 3.8) is 0 Å². The standard InChI is InChI=1S/C10H16O4/c11-8-3-4-14-6-10(8,9(12)13)5-7-1-2-7/h7-8,11H,1-6H2,(H,12,13). The van der Waals surface area contributed by atoms with E-state index in [-0.39, 0.29) is 6.61 Å². The van der Waals surface area contributed by atoms with Crippen LogP contribution in [-0.2, 0) is 9.53 Å². The average Bonchev–Trinajstić information content (AvgIpc) is 2.92. The van der Waals surface area contributed by atoms with Gasteiger partial charge in [0.1, 0.15) is 5.41 Å². The number of hydrogen-bond donors (Lipinski definition) is 2. The van der Waals surface area contributed by atoms with Gasteiger partial charge in [0, 0.05) is 6.61 Å². The van der Waals surface area contributed by atoms with Crippen LogP contribution in [0.4, 0.5) is 0 Å². The summed E-state index contributed by atoms with van der Waals surface area (Å²) in [5.41, 5.74) is -1.03. The van der Waals surface area contributed by atoms with Gasteiger partial charge in [-0.05, 0) is 18.8 Å². The summed E-state index contributed by atoms with van der Waals surface area (Å²) in [6.07, 6.45) is 2.47. The van der Waals surface area contributed by atoms with Crippen LogP contribution in [0, 0.1) is 11.3 Å². The molecule has 1 saturated heterocycles. The van der Waals surface area contributed by atoms with Crippen molar-refractivity contribution in [3.05, 3.63) is 0 Å². The molecule has 2 atom stereocenters. The molecule has 0 aromatic rings. The van der Waals surface area contributed by atoms with Crippen LogP contribution in [0.2, 0.25) is 0 Å². The normalized spacial score (nSPS) is 38.2. The Morgan fingerprint density at radius 1 is 1.43 bits per heavy atom. The molecule has 1 aliphatic carbocycles. The first kappa shape index (κ1) is 9.93. The minimum Gasteiger partial charge on any atom is -0.481 e. The lowest BCUT2D eigenvalue weighted by molar-refractivity contribution is -0.174. The van der Waals surface area contributed by atoms with Gasteiger partial charge in [-0.15, -0.1) is 0 Å². The van der Waals surface area contributed by atoms with Crippen LogP contribution in [0.15, 0.2) is 0 Å². The van der Waals surface area contributed by atoms with Crippen LogP contribution in [0.3, 0.4) is 0 Å². The zero-order valence-electron chi connectivity index (χ0n) is 8.11. The van der Waals surface area contributed by atoms with Crippen molar-refractivity contribution in [2.75, 3.05) is 13.2 Å². The Bertz CT molecular complexity index is 236. The molecule has 1 heterocycles. The third kappa shape index (κ3) is 1.64.